The summed E-state index contributed by atoms with van der Waals surface area (Å²) in [5.74, 6) is -0.538. The Labute approximate surface area is 98.2 Å². The highest BCUT2D eigenvalue weighted by Gasteiger charge is 2.18. The van der Waals surface area contributed by atoms with E-state index >= 15 is 0 Å². The summed E-state index contributed by atoms with van der Waals surface area (Å²) in [6, 6.07) is 0.207. The van der Waals surface area contributed by atoms with E-state index in [2.05, 4.69) is 15.8 Å². The molecule has 0 saturated carbocycles. The lowest BCUT2D eigenvalue weighted by atomic mass is 10.2. The summed E-state index contributed by atoms with van der Waals surface area (Å²) in [6.45, 7) is 2.02. The van der Waals surface area contributed by atoms with Crippen LogP contribution in [-0.4, -0.2) is 28.3 Å². The maximum absolute atomic E-state index is 11.4. The molecule has 1 rings (SSSR count). The average molecular weight is 241 g/mol. The third-order valence-electron chi connectivity index (χ3n) is 2.10. The lowest BCUT2D eigenvalue weighted by Gasteiger charge is -2.13. The Morgan fingerprint density at radius 2 is 2.35 bits per heavy atom. The van der Waals surface area contributed by atoms with E-state index in [0.717, 1.165) is 0 Å². The van der Waals surface area contributed by atoms with E-state index in [9.17, 15) is 9.59 Å². The van der Waals surface area contributed by atoms with Crippen LogP contribution >= 0.6 is 0 Å². The first-order valence-corrected chi connectivity index (χ1v) is 5.30. The van der Waals surface area contributed by atoms with Gasteiger partial charge >= 0.3 is 12.0 Å². The number of carbonyl (C=O) groups excluding carboxylic acids is 1. The minimum absolute atomic E-state index is 0.171. The van der Waals surface area contributed by atoms with Crippen molar-refractivity contribution < 1.29 is 19.2 Å². The van der Waals surface area contributed by atoms with Crippen LogP contribution in [0, 0.1) is 0 Å². The van der Waals surface area contributed by atoms with Gasteiger partial charge in [-0.1, -0.05) is 18.5 Å². The molecule has 7 nitrogen and oxygen atoms in total. The van der Waals surface area contributed by atoms with Crippen LogP contribution in [0.1, 0.15) is 25.5 Å². The second-order valence-corrected chi connectivity index (χ2v) is 3.49. The molecule has 1 atom stereocenters. The molecule has 17 heavy (non-hydrogen) atoms. The largest absolute Gasteiger partial charge is 0.480 e. The van der Waals surface area contributed by atoms with Crippen LogP contribution in [-0.2, 0) is 11.3 Å². The minimum Gasteiger partial charge on any atom is -0.480 e. The van der Waals surface area contributed by atoms with E-state index in [0.29, 0.717) is 18.6 Å². The molecule has 2 amide bonds. The predicted molar refractivity (Wildman–Crippen MR) is 58.2 cm³/mol. The number of carboxylic acids is 1. The van der Waals surface area contributed by atoms with Gasteiger partial charge in [0.25, 0.3) is 0 Å². The van der Waals surface area contributed by atoms with Crippen LogP contribution in [0.25, 0.3) is 0 Å². The molecule has 1 unspecified atom stereocenters. The van der Waals surface area contributed by atoms with Gasteiger partial charge in [0.1, 0.15) is 6.04 Å². The van der Waals surface area contributed by atoms with Crippen LogP contribution in [0.2, 0.25) is 0 Å². The summed E-state index contributed by atoms with van der Waals surface area (Å²) in [7, 11) is 0. The van der Waals surface area contributed by atoms with Crippen molar-refractivity contribution in [2.75, 3.05) is 0 Å². The predicted octanol–water partition coefficient (Wildman–Crippen LogP) is 0.727. The fourth-order valence-electron chi connectivity index (χ4n) is 1.26. The van der Waals surface area contributed by atoms with Gasteiger partial charge in [-0.05, 0) is 6.42 Å². The molecule has 0 radical (unpaired) electrons. The van der Waals surface area contributed by atoms with Crippen LogP contribution in [0.4, 0.5) is 4.79 Å². The van der Waals surface area contributed by atoms with Gasteiger partial charge in [0.15, 0.2) is 5.76 Å². The Kier molecular flexibility index (Phi) is 4.99. The molecule has 0 aromatic carbocycles. The monoisotopic (exact) mass is 241 g/mol. The Balaban J connectivity index is 2.34. The lowest BCUT2D eigenvalue weighted by molar-refractivity contribution is -0.139. The fraction of sp³-hybridized carbons (Fsp3) is 0.500. The Bertz CT molecular complexity index is 364. The highest BCUT2D eigenvalue weighted by Crippen LogP contribution is 1.98. The van der Waals surface area contributed by atoms with Gasteiger partial charge in [0.05, 0.1) is 12.7 Å². The van der Waals surface area contributed by atoms with Crippen molar-refractivity contribution in [2.24, 2.45) is 0 Å². The maximum Gasteiger partial charge on any atom is 0.326 e. The Hall–Kier alpha value is -2.05. The third-order valence-corrected chi connectivity index (χ3v) is 2.10. The third kappa shape index (κ3) is 4.54. The summed E-state index contributed by atoms with van der Waals surface area (Å²) >= 11 is 0. The molecule has 94 valence electrons. The zero-order valence-electron chi connectivity index (χ0n) is 9.47. The average Bonchev–Trinajstić information content (AvgIpc) is 2.78. The normalized spacial score (nSPS) is 11.8. The van der Waals surface area contributed by atoms with Gasteiger partial charge in [-0.25, -0.2) is 9.59 Å². The standard InChI is InChI=1S/C10H15N3O4/c1-2-3-8(9(14)15)13-10(16)11-6-7-4-5-12-17-7/h4-5,8H,2-3,6H2,1H3,(H,14,15)(H2,11,13,16). The molecule has 0 aliphatic rings. The molecular formula is C10H15N3O4. The maximum atomic E-state index is 11.4. The topological polar surface area (TPSA) is 104 Å². The molecule has 0 saturated heterocycles. The van der Waals surface area contributed by atoms with Crippen LogP contribution < -0.4 is 10.6 Å². The number of carboxylic acid groups (broad SMARTS) is 1. The molecule has 3 N–H and O–H groups in total. The summed E-state index contributed by atoms with van der Waals surface area (Å²) in [5, 5.41) is 17.2. The summed E-state index contributed by atoms with van der Waals surface area (Å²) in [5.41, 5.74) is 0. The number of hydrogen-bond donors (Lipinski definition) is 3. The first-order chi connectivity index (χ1) is 8.13. The number of aliphatic carboxylic acids is 1. The quantitative estimate of drug-likeness (QED) is 0.681. The van der Waals surface area contributed by atoms with E-state index in [1.54, 1.807) is 6.07 Å². The smallest absolute Gasteiger partial charge is 0.326 e. The molecule has 7 heteroatoms. The number of nitrogens with one attached hydrogen (secondary N) is 2. The molecule has 0 fully saturated rings. The van der Waals surface area contributed by atoms with Gasteiger partial charge in [-0.3, -0.25) is 0 Å². The fourth-order valence-corrected chi connectivity index (χ4v) is 1.26. The van der Waals surface area contributed by atoms with Crippen molar-refractivity contribution in [3.05, 3.63) is 18.0 Å². The van der Waals surface area contributed by atoms with E-state index in [1.807, 2.05) is 6.92 Å². The number of hydrogen-bond acceptors (Lipinski definition) is 4. The van der Waals surface area contributed by atoms with E-state index in [4.69, 9.17) is 9.63 Å². The number of aromatic nitrogens is 1. The zero-order valence-corrected chi connectivity index (χ0v) is 9.47. The second-order valence-electron chi connectivity index (χ2n) is 3.49. The number of nitrogens with zero attached hydrogens (tertiary/aromatic N) is 1. The van der Waals surface area contributed by atoms with Crippen molar-refractivity contribution in [1.29, 1.82) is 0 Å². The highest BCUT2D eigenvalue weighted by molar-refractivity contribution is 5.82. The molecule has 0 aliphatic carbocycles. The molecule has 1 aromatic rings. The van der Waals surface area contributed by atoms with Gasteiger partial charge in [-0.15, -0.1) is 0 Å². The molecule has 0 aliphatic heterocycles. The van der Waals surface area contributed by atoms with Crippen molar-refractivity contribution in [2.45, 2.75) is 32.4 Å². The molecule has 1 aromatic heterocycles. The molecule has 0 spiro atoms. The van der Waals surface area contributed by atoms with Gasteiger partial charge in [0, 0.05) is 6.07 Å². The highest BCUT2D eigenvalue weighted by atomic mass is 16.5. The first-order valence-electron chi connectivity index (χ1n) is 5.30. The Morgan fingerprint density at radius 1 is 1.59 bits per heavy atom. The first kappa shape index (κ1) is 13.0. The van der Waals surface area contributed by atoms with E-state index < -0.39 is 18.0 Å². The summed E-state index contributed by atoms with van der Waals surface area (Å²) < 4.78 is 4.78. The number of urea groups is 1. The SMILES string of the molecule is CCCC(NC(=O)NCc1ccno1)C(=O)O. The van der Waals surface area contributed by atoms with Gasteiger partial charge in [0.2, 0.25) is 0 Å². The minimum atomic E-state index is -1.04. The number of carbonyl (C=O) groups is 2. The Morgan fingerprint density at radius 3 is 2.88 bits per heavy atom. The molecular weight excluding hydrogens is 226 g/mol. The van der Waals surface area contributed by atoms with Crippen LogP contribution in [0.15, 0.2) is 16.8 Å². The van der Waals surface area contributed by atoms with Crippen molar-refractivity contribution in [1.82, 2.24) is 15.8 Å². The van der Waals surface area contributed by atoms with Crippen molar-refractivity contribution in [3.8, 4) is 0 Å². The van der Waals surface area contributed by atoms with Gasteiger partial charge in [-0.2, -0.15) is 0 Å². The number of rotatable bonds is 6. The molecule has 1 heterocycles. The van der Waals surface area contributed by atoms with E-state index in [1.165, 1.54) is 6.20 Å². The second kappa shape index (κ2) is 6.51. The van der Waals surface area contributed by atoms with Crippen molar-refractivity contribution >= 4 is 12.0 Å². The lowest BCUT2D eigenvalue weighted by Crippen LogP contribution is -2.45. The molecule has 0 bridgehead atoms. The summed E-state index contributed by atoms with van der Waals surface area (Å²) in [6.07, 6.45) is 2.54. The zero-order chi connectivity index (χ0) is 12.7. The summed E-state index contributed by atoms with van der Waals surface area (Å²) in [4.78, 5) is 22.2. The number of amides is 2. The van der Waals surface area contributed by atoms with E-state index in [-0.39, 0.29) is 6.54 Å². The van der Waals surface area contributed by atoms with Crippen LogP contribution in [0.5, 0.6) is 0 Å². The van der Waals surface area contributed by atoms with Crippen LogP contribution in [0.3, 0.4) is 0 Å². The van der Waals surface area contributed by atoms with Gasteiger partial charge < -0.3 is 20.3 Å². The van der Waals surface area contributed by atoms with Crippen molar-refractivity contribution in [3.63, 3.8) is 0 Å².